The molecule has 1 heterocycles. The molecule has 0 aliphatic rings. The molecular weight excluding hydrogens is 222 g/mol. The van der Waals surface area contributed by atoms with Gasteiger partial charge in [0.2, 0.25) is 0 Å². The van der Waals surface area contributed by atoms with Crippen molar-refractivity contribution in [1.82, 2.24) is 4.98 Å². The van der Waals surface area contributed by atoms with Crippen LogP contribution in [0.25, 0.3) is 0 Å². The van der Waals surface area contributed by atoms with E-state index in [2.05, 4.69) is 41.5 Å². The Hall–Kier alpha value is -2.34. The van der Waals surface area contributed by atoms with Gasteiger partial charge in [0.05, 0.1) is 11.9 Å². The average Bonchev–Trinajstić information content (AvgIpc) is 2.46. The molecule has 1 aromatic heterocycles. The summed E-state index contributed by atoms with van der Waals surface area (Å²) in [5.41, 5.74) is 3.94. The minimum Gasteiger partial charge on any atom is -0.380 e. The van der Waals surface area contributed by atoms with Gasteiger partial charge in [0.25, 0.3) is 0 Å². The van der Waals surface area contributed by atoms with E-state index in [4.69, 9.17) is 5.26 Å². The first-order chi connectivity index (χ1) is 8.81. The molecule has 0 bridgehead atoms. The number of nitrogens with one attached hydrogen (secondary N) is 1. The van der Waals surface area contributed by atoms with Crippen LogP contribution in [0, 0.1) is 11.3 Å². The van der Waals surface area contributed by atoms with Crippen molar-refractivity contribution in [1.29, 1.82) is 5.26 Å². The zero-order valence-electron chi connectivity index (χ0n) is 10.4. The molecule has 0 atom stereocenters. The van der Waals surface area contributed by atoms with Gasteiger partial charge in [0, 0.05) is 6.54 Å². The number of hydrogen-bond acceptors (Lipinski definition) is 3. The van der Waals surface area contributed by atoms with E-state index in [0.717, 1.165) is 18.7 Å². The van der Waals surface area contributed by atoms with Crippen molar-refractivity contribution < 1.29 is 0 Å². The van der Waals surface area contributed by atoms with Crippen molar-refractivity contribution >= 4 is 5.69 Å². The van der Waals surface area contributed by atoms with Crippen molar-refractivity contribution in [3.05, 3.63) is 59.4 Å². The summed E-state index contributed by atoms with van der Waals surface area (Å²) >= 11 is 0. The van der Waals surface area contributed by atoms with Crippen LogP contribution >= 0.6 is 0 Å². The molecule has 0 fully saturated rings. The number of benzene rings is 1. The van der Waals surface area contributed by atoms with E-state index >= 15 is 0 Å². The maximum atomic E-state index is 8.65. The Morgan fingerprint density at radius 3 is 2.39 bits per heavy atom. The highest BCUT2D eigenvalue weighted by molar-refractivity contribution is 5.43. The Morgan fingerprint density at radius 1 is 1.11 bits per heavy atom. The Labute approximate surface area is 107 Å². The molecule has 0 unspecified atom stereocenters. The lowest BCUT2D eigenvalue weighted by Gasteiger charge is -2.06. The average molecular weight is 237 g/mol. The molecule has 0 aliphatic carbocycles. The van der Waals surface area contributed by atoms with Crippen LogP contribution in [0.3, 0.4) is 0 Å². The van der Waals surface area contributed by atoms with Crippen LogP contribution in [-0.4, -0.2) is 4.98 Å². The molecule has 3 nitrogen and oxygen atoms in total. The number of nitrogens with zero attached hydrogens (tertiary/aromatic N) is 2. The van der Waals surface area contributed by atoms with E-state index in [0.29, 0.717) is 5.69 Å². The van der Waals surface area contributed by atoms with Crippen molar-refractivity contribution in [3.8, 4) is 6.07 Å². The van der Waals surface area contributed by atoms with Gasteiger partial charge in [-0.1, -0.05) is 31.2 Å². The largest absolute Gasteiger partial charge is 0.380 e. The van der Waals surface area contributed by atoms with Gasteiger partial charge in [-0.25, -0.2) is 4.98 Å². The number of aromatic nitrogens is 1. The van der Waals surface area contributed by atoms with E-state index in [1.807, 2.05) is 12.1 Å². The van der Waals surface area contributed by atoms with Gasteiger partial charge in [-0.3, -0.25) is 0 Å². The fourth-order valence-electron chi connectivity index (χ4n) is 1.66. The van der Waals surface area contributed by atoms with Crippen LogP contribution in [-0.2, 0) is 13.0 Å². The van der Waals surface area contributed by atoms with Crippen LogP contribution in [0.15, 0.2) is 42.6 Å². The summed E-state index contributed by atoms with van der Waals surface area (Å²) < 4.78 is 0. The molecule has 0 amide bonds. The topological polar surface area (TPSA) is 48.7 Å². The van der Waals surface area contributed by atoms with Crippen molar-refractivity contribution in [2.24, 2.45) is 0 Å². The van der Waals surface area contributed by atoms with Crippen LogP contribution in [0.1, 0.15) is 23.7 Å². The minimum atomic E-state index is 0.438. The molecule has 1 aromatic carbocycles. The fraction of sp³-hybridized carbons (Fsp3) is 0.200. The number of hydrogen-bond donors (Lipinski definition) is 1. The smallest absolute Gasteiger partial charge is 0.140 e. The SMILES string of the molecule is CCc1ccc(CNc2ccc(C#N)nc2)cc1. The normalized spacial score (nSPS) is 9.78. The summed E-state index contributed by atoms with van der Waals surface area (Å²) in [6.45, 7) is 2.91. The van der Waals surface area contributed by atoms with Crippen LogP contribution in [0.2, 0.25) is 0 Å². The molecule has 0 saturated carbocycles. The lowest BCUT2D eigenvalue weighted by molar-refractivity contribution is 1.10. The first-order valence-corrected chi connectivity index (χ1v) is 5.99. The molecule has 3 heteroatoms. The number of rotatable bonds is 4. The summed E-state index contributed by atoms with van der Waals surface area (Å²) in [5.74, 6) is 0. The second kappa shape index (κ2) is 5.83. The Balaban J connectivity index is 1.95. The highest BCUT2D eigenvalue weighted by Crippen LogP contribution is 2.10. The maximum absolute atomic E-state index is 8.65. The number of aryl methyl sites for hydroxylation is 1. The van der Waals surface area contributed by atoms with Gasteiger partial charge in [0.15, 0.2) is 0 Å². The summed E-state index contributed by atoms with van der Waals surface area (Å²) in [6, 6.07) is 14.1. The molecule has 0 spiro atoms. The molecule has 0 aliphatic heterocycles. The van der Waals surface area contributed by atoms with Crippen LogP contribution in [0.5, 0.6) is 0 Å². The monoisotopic (exact) mass is 237 g/mol. The predicted molar refractivity (Wildman–Crippen MR) is 72.1 cm³/mol. The third-order valence-electron chi connectivity index (χ3n) is 2.81. The van der Waals surface area contributed by atoms with Crippen LogP contribution < -0.4 is 5.32 Å². The number of anilines is 1. The highest BCUT2D eigenvalue weighted by Gasteiger charge is 1.96. The van der Waals surface area contributed by atoms with Gasteiger partial charge >= 0.3 is 0 Å². The third kappa shape index (κ3) is 3.08. The van der Waals surface area contributed by atoms with Gasteiger partial charge in [0.1, 0.15) is 11.8 Å². The number of nitriles is 1. The van der Waals surface area contributed by atoms with Crippen molar-refractivity contribution in [3.63, 3.8) is 0 Å². The Bertz CT molecular complexity index is 535. The second-order valence-electron chi connectivity index (χ2n) is 4.07. The van der Waals surface area contributed by atoms with E-state index in [1.165, 1.54) is 11.1 Å². The third-order valence-corrected chi connectivity index (χ3v) is 2.81. The van der Waals surface area contributed by atoms with E-state index in [1.54, 1.807) is 12.3 Å². The van der Waals surface area contributed by atoms with E-state index in [-0.39, 0.29) is 0 Å². The van der Waals surface area contributed by atoms with E-state index < -0.39 is 0 Å². The molecule has 18 heavy (non-hydrogen) atoms. The minimum absolute atomic E-state index is 0.438. The van der Waals surface area contributed by atoms with Gasteiger partial charge < -0.3 is 5.32 Å². The molecule has 1 N–H and O–H groups in total. The maximum Gasteiger partial charge on any atom is 0.140 e. The second-order valence-corrected chi connectivity index (χ2v) is 4.07. The standard InChI is InChI=1S/C15H15N3/c1-2-12-3-5-13(6-4-12)10-17-15-8-7-14(9-16)18-11-15/h3-8,11,17H,2,10H2,1H3. The van der Waals surface area contributed by atoms with E-state index in [9.17, 15) is 0 Å². The summed E-state index contributed by atoms with van der Waals surface area (Å²) in [7, 11) is 0. The molecule has 0 radical (unpaired) electrons. The molecule has 2 rings (SSSR count). The molecule has 90 valence electrons. The summed E-state index contributed by atoms with van der Waals surface area (Å²) in [4.78, 5) is 4.01. The summed E-state index contributed by atoms with van der Waals surface area (Å²) in [5, 5.41) is 11.9. The number of pyridine rings is 1. The highest BCUT2D eigenvalue weighted by atomic mass is 14.9. The Kier molecular flexibility index (Phi) is 3.93. The van der Waals surface area contributed by atoms with Crippen molar-refractivity contribution in [2.75, 3.05) is 5.32 Å². The van der Waals surface area contributed by atoms with Gasteiger partial charge in [-0.05, 0) is 29.7 Å². The fourth-order valence-corrected chi connectivity index (χ4v) is 1.66. The predicted octanol–water partition coefficient (Wildman–Crippen LogP) is 3.13. The van der Waals surface area contributed by atoms with Crippen molar-refractivity contribution in [2.45, 2.75) is 19.9 Å². The first kappa shape index (κ1) is 12.1. The molecule has 0 saturated heterocycles. The zero-order valence-corrected chi connectivity index (χ0v) is 10.4. The first-order valence-electron chi connectivity index (χ1n) is 5.99. The lowest BCUT2D eigenvalue weighted by atomic mass is 10.1. The molecular formula is C15H15N3. The van der Waals surface area contributed by atoms with Crippen LogP contribution in [0.4, 0.5) is 5.69 Å². The lowest BCUT2D eigenvalue weighted by Crippen LogP contribution is -2.00. The zero-order chi connectivity index (χ0) is 12.8. The molecule has 2 aromatic rings. The quantitative estimate of drug-likeness (QED) is 0.888. The van der Waals surface area contributed by atoms with Gasteiger partial charge in [-0.2, -0.15) is 5.26 Å². The van der Waals surface area contributed by atoms with Gasteiger partial charge in [-0.15, -0.1) is 0 Å². The Morgan fingerprint density at radius 2 is 1.83 bits per heavy atom. The summed E-state index contributed by atoms with van der Waals surface area (Å²) in [6.07, 6.45) is 2.74.